The molecule has 6 nitrogen and oxygen atoms in total. The lowest BCUT2D eigenvalue weighted by molar-refractivity contribution is 0.474. The van der Waals surface area contributed by atoms with E-state index in [4.69, 9.17) is 9.44 Å². The fourth-order valence-corrected chi connectivity index (χ4v) is 2.36. The Morgan fingerprint density at radius 2 is 2.00 bits per heavy atom. The third-order valence-electron chi connectivity index (χ3n) is 2.21. The first kappa shape index (κ1) is 12.1. The van der Waals surface area contributed by atoms with Crippen LogP contribution >= 0.6 is 0 Å². The number of benzene rings is 1. The smallest absolute Gasteiger partial charge is 0.366 e. The molecule has 0 unspecified atom stereocenters. The molecule has 7 heteroatoms. The van der Waals surface area contributed by atoms with Crippen molar-refractivity contribution in [3.63, 3.8) is 0 Å². The van der Waals surface area contributed by atoms with Crippen molar-refractivity contribution in [2.24, 2.45) is 0 Å². The maximum absolute atomic E-state index is 11.9. The van der Waals surface area contributed by atoms with Crippen LogP contribution in [0.5, 0.6) is 5.75 Å². The summed E-state index contributed by atoms with van der Waals surface area (Å²) in [7, 11) is -3.95. The maximum Gasteiger partial charge on any atom is 0.414 e. The zero-order chi connectivity index (χ0) is 13.2. The average molecular weight is 263 g/mol. The lowest BCUT2D eigenvalue weighted by Crippen LogP contribution is -2.19. The Labute approximate surface area is 104 Å². The van der Waals surface area contributed by atoms with Crippen molar-refractivity contribution in [3.8, 4) is 11.8 Å². The highest BCUT2D eigenvalue weighted by molar-refractivity contribution is 7.85. The van der Waals surface area contributed by atoms with Gasteiger partial charge in [-0.15, -0.1) is 0 Å². The Morgan fingerprint density at radius 3 is 2.50 bits per heavy atom. The largest absolute Gasteiger partial charge is 0.414 e. The lowest BCUT2D eigenvalue weighted by atomic mass is 10.2. The number of nitriles is 1. The standard InChI is InChI=1S/C11H9N3O3S/c1-9-13-6-7-14(9)18(15,16)17-11-4-2-10(8-12)3-5-11/h2-7H,1H3. The van der Waals surface area contributed by atoms with Gasteiger partial charge in [0.15, 0.2) is 0 Å². The summed E-state index contributed by atoms with van der Waals surface area (Å²) in [6.07, 6.45) is 2.67. The molecule has 0 atom stereocenters. The third-order valence-corrected chi connectivity index (χ3v) is 3.48. The summed E-state index contributed by atoms with van der Waals surface area (Å²) in [6.45, 7) is 1.56. The van der Waals surface area contributed by atoms with E-state index in [0.717, 1.165) is 3.97 Å². The van der Waals surface area contributed by atoms with Crippen molar-refractivity contribution in [3.05, 3.63) is 48.0 Å². The predicted octanol–water partition coefficient (Wildman–Crippen LogP) is 1.24. The molecular formula is C11H9N3O3S. The van der Waals surface area contributed by atoms with E-state index in [2.05, 4.69) is 4.98 Å². The highest BCUT2D eigenvalue weighted by Crippen LogP contribution is 2.15. The Hall–Kier alpha value is -2.33. The number of hydrogen-bond donors (Lipinski definition) is 0. The normalized spacial score (nSPS) is 10.9. The monoisotopic (exact) mass is 263 g/mol. The number of imidazole rings is 1. The molecule has 0 fully saturated rings. The van der Waals surface area contributed by atoms with Crippen LogP contribution in [0.2, 0.25) is 0 Å². The summed E-state index contributed by atoms with van der Waals surface area (Å²) >= 11 is 0. The molecule has 0 bridgehead atoms. The highest BCUT2D eigenvalue weighted by atomic mass is 32.2. The lowest BCUT2D eigenvalue weighted by Gasteiger charge is -2.08. The summed E-state index contributed by atoms with van der Waals surface area (Å²) in [5, 5.41) is 8.63. The van der Waals surface area contributed by atoms with Crippen LogP contribution in [0.25, 0.3) is 0 Å². The van der Waals surface area contributed by atoms with Crippen LogP contribution in [0.1, 0.15) is 11.4 Å². The van der Waals surface area contributed by atoms with Crippen molar-refractivity contribution in [2.75, 3.05) is 0 Å². The fraction of sp³-hybridized carbons (Fsp3) is 0.0909. The Bertz CT molecular complexity index is 696. The van der Waals surface area contributed by atoms with Crippen LogP contribution in [0.4, 0.5) is 0 Å². The number of aromatic nitrogens is 2. The Kier molecular flexibility index (Phi) is 3.04. The van der Waals surface area contributed by atoms with Crippen molar-refractivity contribution in [2.45, 2.75) is 6.92 Å². The molecule has 18 heavy (non-hydrogen) atoms. The summed E-state index contributed by atoms with van der Waals surface area (Å²) < 4.78 is 29.6. The molecule has 2 aromatic rings. The second-order valence-corrected chi connectivity index (χ2v) is 4.86. The maximum atomic E-state index is 11.9. The predicted molar refractivity (Wildman–Crippen MR) is 63.1 cm³/mol. The summed E-state index contributed by atoms with van der Waals surface area (Å²) in [5.41, 5.74) is 0.429. The molecule has 0 aliphatic carbocycles. The number of rotatable bonds is 3. The van der Waals surface area contributed by atoms with Crippen LogP contribution in [0.15, 0.2) is 36.7 Å². The molecule has 0 spiro atoms. The van der Waals surface area contributed by atoms with Gasteiger partial charge in [0, 0.05) is 12.4 Å². The second kappa shape index (κ2) is 4.50. The van der Waals surface area contributed by atoms with Crippen molar-refractivity contribution in [1.82, 2.24) is 8.96 Å². The summed E-state index contributed by atoms with van der Waals surface area (Å²) in [5.74, 6) is 0.450. The zero-order valence-corrected chi connectivity index (χ0v) is 10.3. The van der Waals surface area contributed by atoms with E-state index in [9.17, 15) is 8.42 Å². The van der Waals surface area contributed by atoms with E-state index in [1.807, 2.05) is 6.07 Å². The van der Waals surface area contributed by atoms with Gasteiger partial charge in [0.05, 0.1) is 11.6 Å². The van der Waals surface area contributed by atoms with Gasteiger partial charge in [-0.1, -0.05) is 0 Å². The van der Waals surface area contributed by atoms with Crippen LogP contribution in [-0.2, 0) is 10.3 Å². The van der Waals surface area contributed by atoms with Gasteiger partial charge in [0.1, 0.15) is 11.6 Å². The van der Waals surface area contributed by atoms with Gasteiger partial charge in [0.25, 0.3) is 0 Å². The molecular weight excluding hydrogens is 254 g/mol. The van der Waals surface area contributed by atoms with Crippen LogP contribution in [0.3, 0.4) is 0 Å². The summed E-state index contributed by atoms with van der Waals surface area (Å²) in [6, 6.07) is 7.73. The summed E-state index contributed by atoms with van der Waals surface area (Å²) in [4.78, 5) is 3.81. The van der Waals surface area contributed by atoms with E-state index in [0.29, 0.717) is 11.4 Å². The number of aryl methyl sites for hydroxylation is 1. The molecule has 0 aliphatic heterocycles. The minimum absolute atomic E-state index is 0.141. The van der Waals surface area contributed by atoms with Gasteiger partial charge in [-0.25, -0.2) is 4.98 Å². The fourth-order valence-electron chi connectivity index (χ4n) is 1.35. The van der Waals surface area contributed by atoms with Crippen molar-refractivity contribution < 1.29 is 12.6 Å². The zero-order valence-electron chi connectivity index (χ0n) is 9.44. The van der Waals surface area contributed by atoms with Gasteiger partial charge in [0.2, 0.25) is 0 Å². The van der Waals surface area contributed by atoms with E-state index in [-0.39, 0.29) is 5.75 Å². The highest BCUT2D eigenvalue weighted by Gasteiger charge is 2.17. The minimum Gasteiger partial charge on any atom is -0.366 e. The number of nitrogens with zero attached hydrogens (tertiary/aromatic N) is 3. The number of hydrogen-bond acceptors (Lipinski definition) is 5. The van der Waals surface area contributed by atoms with E-state index >= 15 is 0 Å². The first-order chi connectivity index (χ1) is 8.53. The van der Waals surface area contributed by atoms with Gasteiger partial charge in [-0.3, -0.25) is 0 Å². The molecule has 0 N–H and O–H groups in total. The van der Waals surface area contributed by atoms with Crippen molar-refractivity contribution >= 4 is 10.3 Å². The minimum atomic E-state index is -3.95. The third kappa shape index (κ3) is 2.33. The Morgan fingerprint density at radius 1 is 1.33 bits per heavy atom. The van der Waals surface area contributed by atoms with Gasteiger partial charge in [-0.05, 0) is 31.2 Å². The Balaban J connectivity index is 2.28. The SMILES string of the molecule is Cc1nccn1S(=O)(=O)Oc1ccc(C#N)cc1. The van der Waals surface area contributed by atoms with Gasteiger partial charge < -0.3 is 4.18 Å². The quantitative estimate of drug-likeness (QED) is 0.831. The molecule has 2 rings (SSSR count). The van der Waals surface area contributed by atoms with Crippen molar-refractivity contribution in [1.29, 1.82) is 5.26 Å². The second-order valence-electron chi connectivity index (χ2n) is 3.45. The topological polar surface area (TPSA) is 85.0 Å². The van der Waals surface area contributed by atoms with E-state index in [1.54, 1.807) is 6.92 Å². The molecule has 0 radical (unpaired) electrons. The molecule has 92 valence electrons. The first-order valence-electron chi connectivity index (χ1n) is 4.98. The van der Waals surface area contributed by atoms with E-state index < -0.39 is 10.3 Å². The molecule has 0 saturated heterocycles. The molecule has 1 aromatic heterocycles. The van der Waals surface area contributed by atoms with E-state index in [1.165, 1.54) is 36.7 Å². The van der Waals surface area contributed by atoms with Gasteiger partial charge in [-0.2, -0.15) is 17.7 Å². The molecule has 1 aromatic carbocycles. The molecule has 0 saturated carbocycles. The molecule has 0 aliphatic rings. The van der Waals surface area contributed by atoms with Gasteiger partial charge >= 0.3 is 10.3 Å². The van der Waals surface area contributed by atoms with Crippen LogP contribution in [0, 0.1) is 18.3 Å². The molecule has 1 heterocycles. The molecule has 0 amide bonds. The first-order valence-corrected chi connectivity index (χ1v) is 6.34. The van der Waals surface area contributed by atoms with Crippen LogP contribution in [-0.4, -0.2) is 17.4 Å². The average Bonchev–Trinajstić information content (AvgIpc) is 2.77. The van der Waals surface area contributed by atoms with Crippen LogP contribution < -0.4 is 4.18 Å².